The molecule has 1 heterocycles. The highest BCUT2D eigenvalue weighted by atomic mass is 16.7. The van der Waals surface area contributed by atoms with Crippen LogP contribution in [0.15, 0.2) is 48.5 Å². The van der Waals surface area contributed by atoms with Crippen LogP contribution in [0.2, 0.25) is 0 Å². The molecule has 24 heavy (non-hydrogen) atoms. The van der Waals surface area contributed by atoms with Crippen LogP contribution in [0, 0.1) is 0 Å². The molecular formula is C18H20N2O4. The SMILES string of the molecule is O=C(NCCCOc1ccccc1)NCc1ccc2c(c1)OCO2. The second-order valence-electron chi connectivity index (χ2n) is 5.31. The zero-order valence-electron chi connectivity index (χ0n) is 13.3. The normalized spacial score (nSPS) is 11.8. The maximum Gasteiger partial charge on any atom is 0.315 e. The highest BCUT2D eigenvalue weighted by molar-refractivity contribution is 5.73. The Morgan fingerprint density at radius 1 is 1.04 bits per heavy atom. The number of fused-ring (bicyclic) bond motifs is 1. The molecule has 1 aliphatic heterocycles. The molecule has 0 bridgehead atoms. The van der Waals surface area contributed by atoms with E-state index in [-0.39, 0.29) is 12.8 Å². The minimum atomic E-state index is -0.202. The van der Waals surface area contributed by atoms with Gasteiger partial charge in [0.1, 0.15) is 5.75 Å². The molecule has 2 amide bonds. The summed E-state index contributed by atoms with van der Waals surface area (Å²) in [6.45, 7) is 1.80. The Kier molecular flexibility index (Phi) is 5.40. The molecule has 2 N–H and O–H groups in total. The maximum absolute atomic E-state index is 11.8. The van der Waals surface area contributed by atoms with Crippen molar-refractivity contribution in [2.45, 2.75) is 13.0 Å². The molecule has 6 heteroatoms. The van der Waals surface area contributed by atoms with Crippen LogP contribution in [-0.4, -0.2) is 26.0 Å². The summed E-state index contributed by atoms with van der Waals surface area (Å²) in [5.74, 6) is 2.29. The Morgan fingerprint density at radius 3 is 2.75 bits per heavy atom. The average Bonchev–Trinajstić information content (AvgIpc) is 3.08. The summed E-state index contributed by atoms with van der Waals surface area (Å²) < 4.78 is 16.1. The quantitative estimate of drug-likeness (QED) is 0.767. The lowest BCUT2D eigenvalue weighted by molar-refractivity contribution is 0.174. The molecule has 1 aliphatic rings. The van der Waals surface area contributed by atoms with Gasteiger partial charge in [-0.05, 0) is 36.2 Å². The van der Waals surface area contributed by atoms with Gasteiger partial charge in [0, 0.05) is 13.1 Å². The fraction of sp³-hybridized carbons (Fsp3) is 0.278. The number of carbonyl (C=O) groups is 1. The van der Waals surface area contributed by atoms with Crippen LogP contribution in [0.25, 0.3) is 0 Å². The number of amides is 2. The van der Waals surface area contributed by atoms with Crippen LogP contribution in [0.1, 0.15) is 12.0 Å². The lowest BCUT2D eigenvalue weighted by Gasteiger charge is -2.09. The number of hydrogen-bond acceptors (Lipinski definition) is 4. The summed E-state index contributed by atoms with van der Waals surface area (Å²) in [5, 5.41) is 5.62. The smallest absolute Gasteiger partial charge is 0.315 e. The Labute approximate surface area is 140 Å². The first-order valence-electron chi connectivity index (χ1n) is 7.89. The van der Waals surface area contributed by atoms with Crippen molar-refractivity contribution < 1.29 is 19.0 Å². The molecule has 6 nitrogen and oxygen atoms in total. The van der Waals surface area contributed by atoms with E-state index in [4.69, 9.17) is 14.2 Å². The number of rotatable bonds is 7. The monoisotopic (exact) mass is 328 g/mol. The first kappa shape index (κ1) is 16.0. The molecule has 2 aromatic rings. The average molecular weight is 328 g/mol. The third-order valence-corrected chi connectivity index (χ3v) is 3.51. The van der Waals surface area contributed by atoms with Gasteiger partial charge in [-0.2, -0.15) is 0 Å². The van der Waals surface area contributed by atoms with Gasteiger partial charge in [-0.1, -0.05) is 24.3 Å². The van der Waals surface area contributed by atoms with Crippen LogP contribution in [0.4, 0.5) is 4.79 Å². The van der Waals surface area contributed by atoms with Crippen molar-refractivity contribution in [2.24, 2.45) is 0 Å². The lowest BCUT2D eigenvalue weighted by Crippen LogP contribution is -2.35. The van der Waals surface area contributed by atoms with Crippen LogP contribution in [-0.2, 0) is 6.54 Å². The Balaban J connectivity index is 1.30. The zero-order valence-corrected chi connectivity index (χ0v) is 13.3. The van der Waals surface area contributed by atoms with Gasteiger partial charge < -0.3 is 24.8 Å². The van der Waals surface area contributed by atoms with E-state index in [1.165, 1.54) is 0 Å². The second-order valence-corrected chi connectivity index (χ2v) is 5.31. The summed E-state index contributed by atoms with van der Waals surface area (Å²) in [6, 6.07) is 15.0. The van der Waals surface area contributed by atoms with Gasteiger partial charge in [0.25, 0.3) is 0 Å². The van der Waals surface area contributed by atoms with Gasteiger partial charge in [0.2, 0.25) is 6.79 Å². The van der Waals surface area contributed by atoms with E-state index in [2.05, 4.69) is 10.6 Å². The molecule has 0 aromatic heterocycles. The van der Waals surface area contributed by atoms with Crippen LogP contribution < -0.4 is 24.8 Å². The fourth-order valence-electron chi connectivity index (χ4n) is 2.28. The van der Waals surface area contributed by atoms with E-state index in [0.717, 1.165) is 23.5 Å². The summed E-state index contributed by atoms with van der Waals surface area (Å²) in [7, 11) is 0. The van der Waals surface area contributed by atoms with E-state index in [0.29, 0.717) is 25.4 Å². The number of urea groups is 1. The Morgan fingerprint density at radius 2 is 1.88 bits per heavy atom. The van der Waals surface area contributed by atoms with Crippen molar-refractivity contribution in [3.63, 3.8) is 0 Å². The molecule has 0 saturated heterocycles. The third kappa shape index (κ3) is 4.55. The molecule has 0 spiro atoms. The van der Waals surface area contributed by atoms with Crippen molar-refractivity contribution in [1.82, 2.24) is 10.6 Å². The minimum Gasteiger partial charge on any atom is -0.494 e. The predicted molar refractivity (Wildman–Crippen MR) is 89.4 cm³/mol. The number of hydrogen-bond donors (Lipinski definition) is 2. The van der Waals surface area contributed by atoms with Crippen molar-refractivity contribution in [3.05, 3.63) is 54.1 Å². The van der Waals surface area contributed by atoms with Gasteiger partial charge >= 0.3 is 6.03 Å². The molecule has 0 aliphatic carbocycles. The molecule has 0 atom stereocenters. The Bertz CT molecular complexity index is 676. The van der Waals surface area contributed by atoms with Crippen LogP contribution in [0.3, 0.4) is 0 Å². The summed E-state index contributed by atoms with van der Waals surface area (Å²) in [5.41, 5.74) is 0.960. The fourth-order valence-corrected chi connectivity index (χ4v) is 2.28. The highest BCUT2D eigenvalue weighted by Crippen LogP contribution is 2.32. The highest BCUT2D eigenvalue weighted by Gasteiger charge is 2.13. The third-order valence-electron chi connectivity index (χ3n) is 3.51. The van der Waals surface area contributed by atoms with E-state index >= 15 is 0 Å². The molecular weight excluding hydrogens is 308 g/mol. The predicted octanol–water partition coefficient (Wildman–Crippen LogP) is 2.68. The largest absolute Gasteiger partial charge is 0.494 e. The molecule has 3 rings (SSSR count). The Hall–Kier alpha value is -2.89. The van der Waals surface area contributed by atoms with Gasteiger partial charge in [-0.25, -0.2) is 4.79 Å². The topological polar surface area (TPSA) is 68.8 Å². The number of benzene rings is 2. The molecule has 126 valence electrons. The number of ether oxygens (including phenoxy) is 3. The molecule has 0 unspecified atom stereocenters. The van der Waals surface area contributed by atoms with Crippen molar-refractivity contribution in [2.75, 3.05) is 19.9 Å². The van der Waals surface area contributed by atoms with E-state index in [1.807, 2.05) is 48.5 Å². The number of para-hydroxylation sites is 1. The maximum atomic E-state index is 11.8. The first-order valence-corrected chi connectivity index (χ1v) is 7.89. The molecule has 0 radical (unpaired) electrons. The molecule has 0 fully saturated rings. The number of nitrogens with one attached hydrogen (secondary N) is 2. The molecule has 2 aromatic carbocycles. The van der Waals surface area contributed by atoms with E-state index < -0.39 is 0 Å². The first-order chi connectivity index (χ1) is 11.8. The molecule has 0 saturated carbocycles. The minimum absolute atomic E-state index is 0.202. The summed E-state index contributed by atoms with van der Waals surface area (Å²) in [4.78, 5) is 11.8. The van der Waals surface area contributed by atoms with Gasteiger partial charge in [0.15, 0.2) is 11.5 Å². The lowest BCUT2D eigenvalue weighted by atomic mass is 10.2. The zero-order chi connectivity index (χ0) is 16.6. The summed E-state index contributed by atoms with van der Waals surface area (Å²) in [6.07, 6.45) is 0.742. The van der Waals surface area contributed by atoms with E-state index in [9.17, 15) is 4.79 Å². The second kappa shape index (κ2) is 8.10. The van der Waals surface area contributed by atoms with Crippen LogP contribution >= 0.6 is 0 Å². The van der Waals surface area contributed by atoms with Gasteiger partial charge in [0.05, 0.1) is 6.61 Å². The van der Waals surface area contributed by atoms with Crippen molar-refractivity contribution in [1.29, 1.82) is 0 Å². The number of carbonyl (C=O) groups excluding carboxylic acids is 1. The van der Waals surface area contributed by atoms with E-state index in [1.54, 1.807) is 0 Å². The standard InChI is InChI=1S/C18H20N2O4/c21-18(19-9-4-10-22-15-5-2-1-3-6-15)20-12-14-7-8-16-17(11-14)24-13-23-16/h1-3,5-8,11H,4,9-10,12-13H2,(H2,19,20,21). The van der Waals surface area contributed by atoms with Crippen LogP contribution in [0.5, 0.6) is 17.2 Å². The van der Waals surface area contributed by atoms with Crippen molar-refractivity contribution in [3.8, 4) is 17.2 Å². The van der Waals surface area contributed by atoms with Gasteiger partial charge in [-0.15, -0.1) is 0 Å². The summed E-state index contributed by atoms with van der Waals surface area (Å²) >= 11 is 0. The van der Waals surface area contributed by atoms with Crippen molar-refractivity contribution >= 4 is 6.03 Å². The van der Waals surface area contributed by atoms with Gasteiger partial charge in [-0.3, -0.25) is 0 Å².